The van der Waals surface area contributed by atoms with Crippen molar-refractivity contribution >= 4 is 76.4 Å². The molecule has 6 unspecified atom stereocenters. The SMILES string of the molecule is CC(C)(C)c1cc(C=NC2CCCCC2N=Cc2cc(C(C)(C)C)cc(C(C)(C)C)c2O)c(O)c(C(C)(C)C)c1.CC(O)COC(=O)OCCOC(=O)OCC(C)O.CC1CO1.CCOO.CI.O=C(O)CO.O=C=O.[Cl-].[Co].[NH2+]=PP. The molecule has 0 bridgehead atoms. The second kappa shape index (κ2) is 47.9. The van der Waals surface area contributed by atoms with Crippen LogP contribution in [0.1, 0.15) is 170 Å². The molecule has 9 N–H and O–H groups in total. The minimum Gasteiger partial charge on any atom is -1.00 e. The van der Waals surface area contributed by atoms with Crippen LogP contribution in [0.3, 0.4) is 0 Å². The first-order valence-corrected chi connectivity index (χ1v) is 30.2. The van der Waals surface area contributed by atoms with E-state index in [-0.39, 0.29) is 95.5 Å². The van der Waals surface area contributed by atoms with Gasteiger partial charge in [0, 0.05) is 51.5 Å². The van der Waals surface area contributed by atoms with E-state index < -0.39 is 37.1 Å². The molecule has 0 amide bonds. The van der Waals surface area contributed by atoms with Gasteiger partial charge in [0.25, 0.3) is 0 Å². The van der Waals surface area contributed by atoms with Crippen LogP contribution in [0.15, 0.2) is 34.3 Å². The molecule has 81 heavy (non-hydrogen) atoms. The summed E-state index contributed by atoms with van der Waals surface area (Å²) in [6.07, 6.45) is 5.27. The molecule has 2 aromatic rings. The molecule has 4 rings (SSSR count). The normalized spacial score (nSPS) is 15.9. The maximum Gasteiger partial charge on any atom is 0.508 e. The third-order valence-corrected chi connectivity index (χ3v) is 10.3. The van der Waals surface area contributed by atoms with Crippen LogP contribution >= 0.6 is 39.6 Å². The van der Waals surface area contributed by atoms with Gasteiger partial charge in [-0.1, -0.05) is 131 Å². The fourth-order valence-corrected chi connectivity index (χ4v) is 6.12. The first-order chi connectivity index (χ1) is 36.5. The van der Waals surface area contributed by atoms with Crippen molar-refractivity contribution in [2.45, 2.75) is 189 Å². The number of hydrogen-bond donors (Lipinski definition) is 8. The van der Waals surface area contributed by atoms with Crippen LogP contribution in [0.4, 0.5) is 9.59 Å². The number of carboxylic acids is 1. The summed E-state index contributed by atoms with van der Waals surface area (Å²) in [7, 11) is 3.16. The third kappa shape index (κ3) is 45.7. The maximum atomic E-state index is 11.2. The number of halogens is 2. The molecule has 1 saturated carbocycles. The molecule has 1 heterocycles. The van der Waals surface area contributed by atoms with Crippen LogP contribution in [0.2, 0.25) is 0 Å². The summed E-state index contributed by atoms with van der Waals surface area (Å²) in [6, 6.07) is 8.53. The summed E-state index contributed by atoms with van der Waals surface area (Å²) >= 11 is 2.15. The number of carboxylic acid groups (broad SMARTS) is 1. The number of aliphatic imine (C=N–C) groups is 2. The number of phenolic OH excluding ortho intramolecular Hbond substituents is 2. The molecule has 2 aromatic carbocycles. The number of aliphatic hydroxyl groups is 3. The Hall–Kier alpha value is -3.41. The van der Waals surface area contributed by atoms with Crippen LogP contribution in [0.25, 0.3) is 0 Å². The molecule has 2 fully saturated rings. The first kappa shape index (κ1) is 88.8. The number of hydrogen-bond acceptors (Lipinski definition) is 19. The van der Waals surface area contributed by atoms with Gasteiger partial charge in [0.1, 0.15) is 44.5 Å². The fourth-order valence-electron chi connectivity index (χ4n) is 6.12. The van der Waals surface area contributed by atoms with Crippen LogP contribution in [-0.2, 0) is 81.4 Å². The zero-order valence-corrected chi connectivity index (χ0v) is 56.3. The van der Waals surface area contributed by atoms with Gasteiger partial charge in [-0.3, -0.25) is 15.2 Å². The number of aromatic hydroxyl groups is 2. The van der Waals surface area contributed by atoms with Crippen molar-refractivity contribution in [1.82, 2.24) is 0 Å². The van der Waals surface area contributed by atoms with Crippen LogP contribution < -0.4 is 17.6 Å². The molecule has 1 saturated heterocycles. The Balaban J connectivity index is -0.000000282. The molecule has 471 valence electrons. The number of nitrogens with two attached hydrogens (primary N) is 1. The number of epoxide rings is 1. The summed E-state index contributed by atoms with van der Waals surface area (Å²) in [4.78, 5) is 62.6. The Labute approximate surface area is 515 Å². The molecule has 26 heteroatoms. The summed E-state index contributed by atoms with van der Waals surface area (Å²) in [5.74, 6) is -0.553. The molecule has 2 aliphatic rings. The molecule has 6 atom stereocenters. The number of benzene rings is 2. The van der Waals surface area contributed by atoms with Crippen LogP contribution in [0.5, 0.6) is 11.5 Å². The molecule has 0 spiro atoms. The number of alkyl halides is 1. The van der Waals surface area contributed by atoms with Gasteiger partial charge in [0.15, 0.2) is 0 Å². The van der Waals surface area contributed by atoms with E-state index in [4.69, 9.17) is 60.0 Å². The smallest absolute Gasteiger partial charge is 0.508 e. The molecule has 1 aliphatic heterocycles. The summed E-state index contributed by atoms with van der Waals surface area (Å²) in [5, 5.41) is 67.2. The number of carbonyl (C=O) groups excluding carboxylic acids is 4. The minimum absolute atomic E-state index is 0. The van der Waals surface area contributed by atoms with Crippen molar-refractivity contribution in [2.75, 3.05) is 51.2 Å². The Morgan fingerprint density at radius 2 is 1.02 bits per heavy atom. The zero-order valence-electron chi connectivity index (χ0n) is 50.3. The Morgan fingerprint density at radius 1 is 0.753 bits per heavy atom. The van der Waals surface area contributed by atoms with E-state index in [0.717, 1.165) is 62.6 Å². The van der Waals surface area contributed by atoms with Crippen molar-refractivity contribution in [3.05, 3.63) is 57.6 Å². The van der Waals surface area contributed by atoms with E-state index in [2.05, 4.69) is 170 Å². The van der Waals surface area contributed by atoms with Gasteiger partial charge in [-0.2, -0.15) is 9.59 Å². The monoisotopic (exact) mass is 1370 g/mol. The van der Waals surface area contributed by atoms with Crippen molar-refractivity contribution < 1.29 is 123 Å². The average Bonchev–Trinajstić information content (AvgIpc) is 4.15. The van der Waals surface area contributed by atoms with Crippen molar-refractivity contribution in [3.8, 4) is 11.5 Å². The standard InChI is InChI=1S/C36H54N2O2.C10H18O8.C3H6O.C2H4O3.C2H6O2.CH3I.CO2.ClH.Co.H3NP2/c1-33(2,3)25-17-23(31(39)27(19-25)35(7,8)9)21-37-29-15-13-14-16-30(29)38-22-24-18-26(34(4,5)6)20-28(32(24)40)36(10,11)12;1-7(11)5-17-9(13)15-3-4-16-10(14)18-6-8(2)12;1-3-2-4-3;3-1-2(4)5;1-2-4-3;1-2;2-1-3;;;1-3-2/h17-22,29-30,39-40H,13-16H2,1-12H3;7-8,11-12H,3-6H2,1-2H3;3H,2H2,1H3;3H,1H2,(H,4,5);3H,2H2,1H3;1H3;;1H;;1H,2H2. The second-order valence-corrected chi connectivity index (χ2v) is 23.0. The van der Waals surface area contributed by atoms with Gasteiger partial charge in [-0.25, -0.2) is 24.4 Å². The molecule has 0 aromatic heterocycles. The Morgan fingerprint density at radius 3 is 1.22 bits per heavy atom. The number of aliphatic carboxylic acids is 1. The minimum atomic E-state index is -1.19. The van der Waals surface area contributed by atoms with E-state index >= 15 is 0 Å². The number of rotatable bonds is 13. The van der Waals surface area contributed by atoms with E-state index in [1.165, 1.54) is 25.0 Å². The number of carbonyl (C=O) groups is 3. The van der Waals surface area contributed by atoms with Crippen molar-refractivity contribution in [3.63, 3.8) is 0 Å². The Bertz CT molecular complexity index is 2010. The zero-order chi connectivity index (χ0) is 62.3. The molecular formula is C55H95ClCoIN3O18P2. The van der Waals surface area contributed by atoms with E-state index in [1.54, 1.807) is 6.92 Å². The van der Waals surface area contributed by atoms with Gasteiger partial charge in [-0.05, 0) is 99.3 Å². The molecule has 1 radical (unpaired) electrons. The quantitative estimate of drug-likeness (QED) is 0.0126. The molecule has 21 nitrogen and oxygen atoms in total. The summed E-state index contributed by atoms with van der Waals surface area (Å²) < 4.78 is 22.7. The predicted octanol–water partition coefficient (Wildman–Crippen LogP) is 6.29. The number of nitrogens with zero attached hydrogens (tertiary/aromatic N) is 2. The summed E-state index contributed by atoms with van der Waals surface area (Å²) in [6.45, 7) is 32.6. The van der Waals surface area contributed by atoms with E-state index in [9.17, 15) is 19.8 Å². The van der Waals surface area contributed by atoms with Gasteiger partial charge in [-0.15, -0.1) is 0 Å². The Kier molecular flexibility index (Phi) is 52.5. The molecular weight excluding hydrogens is 1270 g/mol. The number of phenols is 2. The maximum absolute atomic E-state index is 11.2. The van der Waals surface area contributed by atoms with Gasteiger partial charge >= 0.3 is 24.4 Å². The van der Waals surface area contributed by atoms with E-state index in [0.29, 0.717) is 24.2 Å². The fraction of sp³-hybridized carbons (Fsp3) is 0.673. The predicted molar refractivity (Wildman–Crippen MR) is 318 cm³/mol. The number of aliphatic hydroxyl groups excluding tert-OH is 3. The molecule has 1 aliphatic carbocycles. The average molecular weight is 1370 g/mol. The summed E-state index contributed by atoms with van der Waals surface area (Å²) in [5.41, 5.74) is 5.39. The van der Waals surface area contributed by atoms with E-state index in [1.807, 2.05) is 17.4 Å². The third-order valence-electron chi connectivity index (χ3n) is 10.3. The van der Waals surface area contributed by atoms with Crippen LogP contribution in [0, 0.1) is 0 Å². The first-order valence-electron chi connectivity index (χ1n) is 25.5. The number of ether oxygens (including phenoxy) is 5. The topological polar surface area (TPSA) is 336 Å². The largest absolute Gasteiger partial charge is 1.00 e. The van der Waals surface area contributed by atoms with Crippen molar-refractivity contribution in [2.24, 2.45) is 9.98 Å². The van der Waals surface area contributed by atoms with Gasteiger partial charge < -0.3 is 66.7 Å². The second-order valence-electron chi connectivity index (χ2n) is 21.8. The van der Waals surface area contributed by atoms with Crippen molar-refractivity contribution in [1.29, 1.82) is 0 Å². The van der Waals surface area contributed by atoms with Gasteiger partial charge in [0.2, 0.25) is 8.06 Å². The van der Waals surface area contributed by atoms with Gasteiger partial charge in [0.05, 0.1) is 43.6 Å². The van der Waals surface area contributed by atoms with Crippen LogP contribution in [-0.4, -0.2) is 154 Å².